The summed E-state index contributed by atoms with van der Waals surface area (Å²) in [7, 11) is 1.63. The Bertz CT molecular complexity index is 427. The van der Waals surface area contributed by atoms with Gasteiger partial charge in [0.15, 0.2) is 0 Å². The lowest BCUT2D eigenvalue weighted by molar-refractivity contribution is 0.0917. The van der Waals surface area contributed by atoms with Gasteiger partial charge in [-0.15, -0.1) is 6.42 Å². The number of ether oxygens (including phenoxy) is 1. The normalized spacial score (nSPS) is 10.9. The van der Waals surface area contributed by atoms with E-state index in [1.165, 1.54) is 0 Å². The van der Waals surface area contributed by atoms with Gasteiger partial charge in [-0.3, -0.25) is 4.79 Å². The zero-order chi connectivity index (χ0) is 12.9. The van der Waals surface area contributed by atoms with Gasteiger partial charge in [0, 0.05) is 19.9 Å². The highest BCUT2D eigenvalue weighted by Gasteiger charge is 2.19. The van der Waals surface area contributed by atoms with E-state index in [-0.39, 0.29) is 5.91 Å². The number of terminal acetylenes is 1. The molecule has 1 aromatic heterocycles. The third kappa shape index (κ3) is 3.65. The zero-order valence-electron chi connectivity index (χ0n) is 10.5. The second-order valence-corrected chi connectivity index (χ2v) is 4.30. The minimum atomic E-state index is -0.645. The van der Waals surface area contributed by atoms with Crippen molar-refractivity contribution in [2.45, 2.75) is 25.9 Å². The maximum absolute atomic E-state index is 12.0. The number of methoxy groups -OCH3 is 1. The molecule has 1 rings (SSSR count). The fourth-order valence-electron chi connectivity index (χ4n) is 1.39. The minimum absolute atomic E-state index is 0.172. The van der Waals surface area contributed by atoms with Gasteiger partial charge in [-0.1, -0.05) is 5.92 Å². The third-order valence-electron chi connectivity index (χ3n) is 2.39. The molecule has 0 aromatic carbocycles. The highest BCUT2D eigenvalue weighted by Crippen LogP contribution is 2.06. The number of hydrogen-bond acceptors (Lipinski definition) is 2. The summed E-state index contributed by atoms with van der Waals surface area (Å²) in [5.74, 6) is 2.36. The van der Waals surface area contributed by atoms with Crippen molar-refractivity contribution in [3.8, 4) is 12.3 Å². The van der Waals surface area contributed by atoms with Crippen LogP contribution in [0.4, 0.5) is 0 Å². The van der Waals surface area contributed by atoms with E-state index in [1.54, 1.807) is 27.0 Å². The van der Waals surface area contributed by atoms with Gasteiger partial charge in [0.1, 0.15) is 5.69 Å². The van der Waals surface area contributed by atoms with Crippen LogP contribution in [0.3, 0.4) is 0 Å². The highest BCUT2D eigenvalue weighted by molar-refractivity contribution is 5.93. The first-order valence-corrected chi connectivity index (χ1v) is 5.44. The predicted molar refractivity (Wildman–Crippen MR) is 66.7 cm³/mol. The summed E-state index contributed by atoms with van der Waals surface area (Å²) in [5.41, 5.74) is -0.0571. The topological polar surface area (TPSA) is 43.3 Å². The Morgan fingerprint density at radius 2 is 2.35 bits per heavy atom. The first-order chi connectivity index (χ1) is 8.00. The lowest BCUT2D eigenvalue weighted by Crippen LogP contribution is -2.42. The van der Waals surface area contributed by atoms with E-state index in [0.29, 0.717) is 18.8 Å². The van der Waals surface area contributed by atoms with Crippen LogP contribution in [0.5, 0.6) is 0 Å². The van der Waals surface area contributed by atoms with E-state index < -0.39 is 5.54 Å². The van der Waals surface area contributed by atoms with Crippen molar-refractivity contribution in [1.82, 2.24) is 9.88 Å². The van der Waals surface area contributed by atoms with E-state index >= 15 is 0 Å². The Labute approximate surface area is 102 Å². The molecule has 0 spiro atoms. The van der Waals surface area contributed by atoms with Gasteiger partial charge in [0.05, 0.1) is 12.1 Å². The molecule has 0 radical (unpaired) electrons. The van der Waals surface area contributed by atoms with Crippen molar-refractivity contribution in [1.29, 1.82) is 0 Å². The molecule has 1 heterocycles. The van der Waals surface area contributed by atoms with Crippen molar-refractivity contribution in [2.75, 3.05) is 13.7 Å². The van der Waals surface area contributed by atoms with E-state index in [2.05, 4.69) is 11.2 Å². The van der Waals surface area contributed by atoms with Gasteiger partial charge < -0.3 is 14.6 Å². The molecule has 4 nitrogen and oxygen atoms in total. The van der Waals surface area contributed by atoms with Crippen LogP contribution >= 0.6 is 0 Å². The smallest absolute Gasteiger partial charge is 0.269 e. The standard InChI is InChI=1S/C13H18N2O2/c1-5-13(2,3)14-12(16)11-7-6-8-15(11)9-10-17-4/h1,6-8H,9-10H2,2-4H3,(H,14,16). The van der Waals surface area contributed by atoms with Crippen LogP contribution in [-0.4, -0.2) is 29.7 Å². The number of aromatic nitrogens is 1. The molecule has 0 unspecified atom stereocenters. The molecule has 1 aromatic rings. The Morgan fingerprint density at radius 1 is 1.65 bits per heavy atom. The molecule has 0 aliphatic carbocycles. The highest BCUT2D eigenvalue weighted by atomic mass is 16.5. The van der Waals surface area contributed by atoms with Crippen molar-refractivity contribution in [3.05, 3.63) is 24.0 Å². The van der Waals surface area contributed by atoms with Crippen molar-refractivity contribution in [3.63, 3.8) is 0 Å². The van der Waals surface area contributed by atoms with E-state index in [0.717, 1.165) is 0 Å². The molecule has 0 atom stereocenters. The zero-order valence-corrected chi connectivity index (χ0v) is 10.5. The molecule has 0 fully saturated rings. The molecule has 0 saturated carbocycles. The number of nitrogens with one attached hydrogen (secondary N) is 1. The van der Waals surface area contributed by atoms with Crippen LogP contribution in [0.2, 0.25) is 0 Å². The summed E-state index contributed by atoms with van der Waals surface area (Å²) in [6.07, 6.45) is 7.18. The second-order valence-electron chi connectivity index (χ2n) is 4.30. The van der Waals surface area contributed by atoms with Crippen molar-refractivity contribution in [2.24, 2.45) is 0 Å². The number of nitrogens with zero attached hydrogens (tertiary/aromatic N) is 1. The van der Waals surface area contributed by atoms with Gasteiger partial charge in [0.2, 0.25) is 0 Å². The number of carbonyl (C=O) groups is 1. The summed E-state index contributed by atoms with van der Waals surface area (Å²) < 4.78 is 6.83. The molecular weight excluding hydrogens is 216 g/mol. The molecule has 0 aliphatic rings. The van der Waals surface area contributed by atoms with Crippen LogP contribution in [0, 0.1) is 12.3 Å². The molecule has 17 heavy (non-hydrogen) atoms. The summed E-state index contributed by atoms with van der Waals surface area (Å²) in [4.78, 5) is 12.0. The number of carbonyl (C=O) groups excluding carboxylic acids is 1. The SMILES string of the molecule is C#CC(C)(C)NC(=O)c1cccn1CCOC. The Kier molecular flexibility index (Phi) is 4.36. The fraction of sp³-hybridized carbons (Fsp3) is 0.462. The predicted octanol–water partition coefficient (Wildman–Crippen LogP) is 1.28. The molecule has 0 aliphatic heterocycles. The maximum Gasteiger partial charge on any atom is 0.269 e. The molecule has 1 amide bonds. The van der Waals surface area contributed by atoms with Crippen molar-refractivity contribution >= 4 is 5.91 Å². The largest absolute Gasteiger partial charge is 0.383 e. The number of hydrogen-bond donors (Lipinski definition) is 1. The first-order valence-electron chi connectivity index (χ1n) is 5.44. The van der Waals surface area contributed by atoms with Gasteiger partial charge in [-0.05, 0) is 26.0 Å². The monoisotopic (exact) mass is 234 g/mol. The molecule has 92 valence electrons. The van der Waals surface area contributed by atoms with Crippen LogP contribution in [0.15, 0.2) is 18.3 Å². The number of rotatable bonds is 5. The van der Waals surface area contributed by atoms with E-state index in [4.69, 9.17) is 11.2 Å². The quantitative estimate of drug-likeness (QED) is 0.780. The molecule has 0 saturated heterocycles. The molecule has 0 bridgehead atoms. The Balaban J connectivity index is 2.76. The van der Waals surface area contributed by atoms with Gasteiger partial charge in [0.25, 0.3) is 5.91 Å². The average Bonchev–Trinajstić information content (AvgIpc) is 2.74. The maximum atomic E-state index is 12.0. The molecule has 1 N–H and O–H groups in total. The van der Waals surface area contributed by atoms with Gasteiger partial charge in [-0.2, -0.15) is 0 Å². The lowest BCUT2D eigenvalue weighted by atomic mass is 10.1. The summed E-state index contributed by atoms with van der Waals surface area (Å²) in [6.45, 7) is 4.77. The first kappa shape index (κ1) is 13.3. The molecule has 4 heteroatoms. The molecular formula is C13H18N2O2. The Hall–Kier alpha value is -1.73. The van der Waals surface area contributed by atoms with Crippen LogP contribution < -0.4 is 5.32 Å². The third-order valence-corrected chi connectivity index (χ3v) is 2.39. The van der Waals surface area contributed by atoms with Crippen LogP contribution in [0.25, 0.3) is 0 Å². The summed E-state index contributed by atoms with van der Waals surface area (Å²) >= 11 is 0. The summed E-state index contributed by atoms with van der Waals surface area (Å²) in [5, 5.41) is 2.79. The van der Waals surface area contributed by atoms with E-state index in [1.807, 2.05) is 16.8 Å². The van der Waals surface area contributed by atoms with Crippen LogP contribution in [-0.2, 0) is 11.3 Å². The average molecular weight is 234 g/mol. The van der Waals surface area contributed by atoms with Gasteiger partial charge >= 0.3 is 0 Å². The van der Waals surface area contributed by atoms with Crippen molar-refractivity contribution < 1.29 is 9.53 Å². The fourth-order valence-corrected chi connectivity index (χ4v) is 1.39. The second kappa shape index (κ2) is 5.55. The van der Waals surface area contributed by atoms with Gasteiger partial charge in [-0.25, -0.2) is 0 Å². The van der Waals surface area contributed by atoms with E-state index in [9.17, 15) is 4.79 Å². The minimum Gasteiger partial charge on any atom is -0.383 e. The van der Waals surface area contributed by atoms with Crippen LogP contribution in [0.1, 0.15) is 24.3 Å². The summed E-state index contributed by atoms with van der Waals surface area (Å²) in [6, 6.07) is 3.59. The Morgan fingerprint density at radius 3 is 2.94 bits per heavy atom. The number of amides is 1. The lowest BCUT2D eigenvalue weighted by Gasteiger charge is -2.20.